The van der Waals surface area contributed by atoms with Crippen LogP contribution in [0.25, 0.3) is 0 Å². The monoisotopic (exact) mass is 225 g/mol. The number of rotatable bonds is 7. The first-order valence-electron chi connectivity index (χ1n) is 5.64. The summed E-state index contributed by atoms with van der Waals surface area (Å²) in [6, 6.07) is -0.487. The summed E-state index contributed by atoms with van der Waals surface area (Å²) in [5, 5.41) is 16.0. The lowest BCUT2D eigenvalue weighted by Gasteiger charge is -2.12. The maximum atomic E-state index is 10.9. The summed E-state index contributed by atoms with van der Waals surface area (Å²) >= 11 is 0. The summed E-state index contributed by atoms with van der Waals surface area (Å²) in [5.74, 6) is -0.801. The average molecular weight is 225 g/mol. The molecule has 0 amide bonds. The standard InChI is InChI=1S/C11H19N3O2/c1-3-9-7-13-14(8-9)6-5-10(11(15)16)12-4-2/h7-8,10,12H,3-6H2,1-2H3,(H,15,16). The molecule has 1 aromatic rings. The Hall–Kier alpha value is -1.36. The highest BCUT2D eigenvalue weighted by atomic mass is 16.4. The number of carboxylic acid groups (broad SMARTS) is 1. The zero-order chi connectivity index (χ0) is 12.0. The molecule has 0 aromatic carbocycles. The molecule has 0 spiro atoms. The number of nitrogens with one attached hydrogen (secondary N) is 1. The maximum absolute atomic E-state index is 10.9. The first-order valence-corrected chi connectivity index (χ1v) is 5.64. The van der Waals surface area contributed by atoms with E-state index in [4.69, 9.17) is 5.11 Å². The minimum atomic E-state index is -0.801. The number of carbonyl (C=O) groups is 1. The van der Waals surface area contributed by atoms with E-state index in [-0.39, 0.29) is 0 Å². The van der Waals surface area contributed by atoms with Crippen molar-refractivity contribution in [3.05, 3.63) is 18.0 Å². The van der Waals surface area contributed by atoms with Crippen molar-refractivity contribution in [1.29, 1.82) is 0 Å². The smallest absolute Gasteiger partial charge is 0.320 e. The van der Waals surface area contributed by atoms with E-state index in [0.717, 1.165) is 6.42 Å². The van der Waals surface area contributed by atoms with Crippen molar-refractivity contribution in [3.63, 3.8) is 0 Å². The van der Waals surface area contributed by atoms with Crippen LogP contribution in [0.15, 0.2) is 12.4 Å². The number of nitrogens with zero attached hydrogens (tertiary/aromatic N) is 2. The van der Waals surface area contributed by atoms with Crippen molar-refractivity contribution in [2.45, 2.75) is 39.3 Å². The number of hydrogen-bond acceptors (Lipinski definition) is 3. The topological polar surface area (TPSA) is 67.2 Å². The highest BCUT2D eigenvalue weighted by molar-refractivity contribution is 5.73. The Morgan fingerprint density at radius 3 is 2.88 bits per heavy atom. The van der Waals surface area contributed by atoms with Crippen LogP contribution in [-0.4, -0.2) is 33.4 Å². The summed E-state index contributed by atoms with van der Waals surface area (Å²) in [5.41, 5.74) is 1.18. The lowest BCUT2D eigenvalue weighted by atomic mass is 10.2. The zero-order valence-corrected chi connectivity index (χ0v) is 9.81. The molecular formula is C11H19N3O2. The van der Waals surface area contributed by atoms with E-state index in [0.29, 0.717) is 19.5 Å². The van der Waals surface area contributed by atoms with Crippen LogP contribution < -0.4 is 5.32 Å². The van der Waals surface area contributed by atoms with Gasteiger partial charge >= 0.3 is 5.97 Å². The van der Waals surface area contributed by atoms with Gasteiger partial charge in [0.05, 0.1) is 6.20 Å². The Morgan fingerprint density at radius 1 is 1.62 bits per heavy atom. The molecule has 1 aromatic heterocycles. The van der Waals surface area contributed by atoms with Crippen molar-refractivity contribution >= 4 is 5.97 Å². The molecule has 0 radical (unpaired) electrons. The molecule has 0 saturated heterocycles. The molecule has 1 rings (SSSR count). The van der Waals surface area contributed by atoms with Crippen molar-refractivity contribution < 1.29 is 9.90 Å². The molecular weight excluding hydrogens is 206 g/mol. The van der Waals surface area contributed by atoms with Crippen LogP contribution in [0.5, 0.6) is 0 Å². The number of likely N-dealkylation sites (N-methyl/N-ethyl adjacent to an activating group) is 1. The third kappa shape index (κ3) is 3.66. The van der Waals surface area contributed by atoms with E-state index < -0.39 is 12.0 Å². The summed E-state index contributed by atoms with van der Waals surface area (Å²) in [6.45, 7) is 5.26. The molecule has 90 valence electrons. The van der Waals surface area contributed by atoms with Crippen LogP contribution in [-0.2, 0) is 17.8 Å². The largest absolute Gasteiger partial charge is 0.480 e. The van der Waals surface area contributed by atoms with Gasteiger partial charge in [-0.1, -0.05) is 13.8 Å². The minimum Gasteiger partial charge on any atom is -0.480 e. The van der Waals surface area contributed by atoms with Gasteiger partial charge in [-0.15, -0.1) is 0 Å². The summed E-state index contributed by atoms with van der Waals surface area (Å²) < 4.78 is 1.80. The third-order valence-corrected chi connectivity index (χ3v) is 2.49. The Morgan fingerprint density at radius 2 is 2.38 bits per heavy atom. The maximum Gasteiger partial charge on any atom is 0.320 e. The number of aromatic nitrogens is 2. The van der Waals surface area contributed by atoms with E-state index in [2.05, 4.69) is 17.3 Å². The lowest BCUT2D eigenvalue weighted by molar-refractivity contribution is -0.139. The number of carboxylic acids is 1. The second kappa shape index (κ2) is 6.27. The SMILES string of the molecule is CCNC(CCn1cc(CC)cn1)C(=O)O. The van der Waals surface area contributed by atoms with E-state index in [1.54, 1.807) is 4.68 Å². The normalized spacial score (nSPS) is 12.6. The number of aliphatic carboxylic acids is 1. The van der Waals surface area contributed by atoms with Crippen LogP contribution in [0.4, 0.5) is 0 Å². The van der Waals surface area contributed by atoms with Crippen LogP contribution in [0, 0.1) is 0 Å². The van der Waals surface area contributed by atoms with Crippen molar-refractivity contribution in [1.82, 2.24) is 15.1 Å². The molecule has 0 aliphatic carbocycles. The van der Waals surface area contributed by atoms with Gasteiger partial charge in [-0.2, -0.15) is 5.10 Å². The van der Waals surface area contributed by atoms with Crippen LogP contribution in [0.3, 0.4) is 0 Å². The van der Waals surface area contributed by atoms with Gasteiger partial charge in [0.15, 0.2) is 0 Å². The molecule has 0 saturated carbocycles. The lowest BCUT2D eigenvalue weighted by Crippen LogP contribution is -2.37. The zero-order valence-electron chi connectivity index (χ0n) is 9.81. The van der Waals surface area contributed by atoms with E-state index in [1.165, 1.54) is 5.56 Å². The number of aryl methyl sites for hydroxylation is 2. The molecule has 16 heavy (non-hydrogen) atoms. The van der Waals surface area contributed by atoms with Gasteiger partial charge in [0.2, 0.25) is 0 Å². The van der Waals surface area contributed by atoms with E-state index >= 15 is 0 Å². The molecule has 1 unspecified atom stereocenters. The Kier molecular flexibility index (Phi) is 4.98. The predicted octanol–water partition coefficient (Wildman–Crippen LogP) is 0.898. The van der Waals surface area contributed by atoms with Gasteiger partial charge in [-0.25, -0.2) is 0 Å². The Bertz CT molecular complexity index is 336. The Labute approximate surface area is 95.5 Å². The molecule has 5 heteroatoms. The molecule has 0 aliphatic rings. The highest BCUT2D eigenvalue weighted by Crippen LogP contribution is 2.01. The summed E-state index contributed by atoms with van der Waals surface area (Å²) in [4.78, 5) is 10.9. The Balaban J connectivity index is 2.45. The minimum absolute atomic E-state index is 0.487. The van der Waals surface area contributed by atoms with Crippen LogP contribution >= 0.6 is 0 Å². The van der Waals surface area contributed by atoms with Gasteiger partial charge in [-0.3, -0.25) is 9.48 Å². The van der Waals surface area contributed by atoms with Crippen molar-refractivity contribution in [2.24, 2.45) is 0 Å². The third-order valence-electron chi connectivity index (χ3n) is 2.49. The van der Waals surface area contributed by atoms with Crippen LogP contribution in [0.2, 0.25) is 0 Å². The van der Waals surface area contributed by atoms with Gasteiger partial charge < -0.3 is 10.4 Å². The molecule has 2 N–H and O–H groups in total. The van der Waals surface area contributed by atoms with Gasteiger partial charge in [0, 0.05) is 12.7 Å². The number of hydrogen-bond donors (Lipinski definition) is 2. The highest BCUT2D eigenvalue weighted by Gasteiger charge is 2.15. The predicted molar refractivity (Wildman–Crippen MR) is 61.3 cm³/mol. The van der Waals surface area contributed by atoms with Crippen LogP contribution in [0.1, 0.15) is 25.8 Å². The second-order valence-electron chi connectivity index (χ2n) is 3.70. The fourth-order valence-electron chi connectivity index (χ4n) is 1.53. The molecule has 5 nitrogen and oxygen atoms in total. The molecule has 1 atom stereocenters. The first-order chi connectivity index (χ1) is 7.67. The van der Waals surface area contributed by atoms with Gasteiger partial charge in [0.25, 0.3) is 0 Å². The van der Waals surface area contributed by atoms with E-state index in [1.807, 2.05) is 19.3 Å². The van der Waals surface area contributed by atoms with Gasteiger partial charge in [-0.05, 0) is 24.9 Å². The fraction of sp³-hybridized carbons (Fsp3) is 0.636. The molecule has 1 heterocycles. The molecule has 0 aliphatic heterocycles. The summed E-state index contributed by atoms with van der Waals surface area (Å²) in [6.07, 6.45) is 5.29. The van der Waals surface area contributed by atoms with Crippen molar-refractivity contribution in [3.8, 4) is 0 Å². The first kappa shape index (κ1) is 12.7. The van der Waals surface area contributed by atoms with E-state index in [9.17, 15) is 4.79 Å². The second-order valence-corrected chi connectivity index (χ2v) is 3.70. The quantitative estimate of drug-likeness (QED) is 0.723. The fourth-order valence-corrected chi connectivity index (χ4v) is 1.53. The van der Waals surface area contributed by atoms with Crippen molar-refractivity contribution in [2.75, 3.05) is 6.54 Å². The average Bonchev–Trinajstić information content (AvgIpc) is 2.71. The molecule has 0 bridgehead atoms. The van der Waals surface area contributed by atoms with Gasteiger partial charge in [0.1, 0.15) is 6.04 Å². The summed E-state index contributed by atoms with van der Waals surface area (Å²) in [7, 11) is 0. The molecule has 0 fully saturated rings.